The van der Waals surface area contributed by atoms with Crippen molar-refractivity contribution in [3.8, 4) is 0 Å². The number of allylic oxidation sites excluding steroid dienone is 1. The summed E-state index contributed by atoms with van der Waals surface area (Å²) in [7, 11) is 1.83. The van der Waals surface area contributed by atoms with Gasteiger partial charge in [0.15, 0.2) is 0 Å². The van der Waals surface area contributed by atoms with Crippen LogP contribution in [0, 0.1) is 12.3 Å². The summed E-state index contributed by atoms with van der Waals surface area (Å²) in [5.74, 6) is 0.212. The largest absolute Gasteiger partial charge is 0.396 e. The summed E-state index contributed by atoms with van der Waals surface area (Å²) in [5, 5.41) is 10.9. The van der Waals surface area contributed by atoms with Gasteiger partial charge in [0.05, 0.1) is 16.6 Å². The first-order valence-electron chi connectivity index (χ1n) is 9.35. The molecule has 0 aliphatic heterocycles. The Morgan fingerprint density at radius 2 is 2.03 bits per heavy atom. The molecule has 0 bridgehead atoms. The van der Waals surface area contributed by atoms with E-state index in [2.05, 4.69) is 25.6 Å². The first-order valence-corrected chi connectivity index (χ1v) is 9.35. The summed E-state index contributed by atoms with van der Waals surface area (Å²) < 4.78 is 41.0. The molecule has 0 radical (unpaired) electrons. The van der Waals surface area contributed by atoms with Crippen molar-refractivity contribution in [3.63, 3.8) is 0 Å². The van der Waals surface area contributed by atoms with Gasteiger partial charge in [0.25, 0.3) is 0 Å². The second-order valence-corrected chi connectivity index (χ2v) is 7.44. The number of alkyl halides is 3. The number of hydrogen-bond acceptors (Lipinski definition) is 5. The quantitative estimate of drug-likeness (QED) is 0.638. The molecule has 0 atom stereocenters. The van der Waals surface area contributed by atoms with E-state index in [9.17, 15) is 13.2 Å². The number of rotatable bonds is 5. The molecule has 9 heteroatoms. The van der Waals surface area contributed by atoms with Crippen LogP contribution in [0.1, 0.15) is 44.0 Å². The first-order chi connectivity index (χ1) is 13.7. The van der Waals surface area contributed by atoms with Gasteiger partial charge in [0.1, 0.15) is 5.52 Å². The van der Waals surface area contributed by atoms with Crippen LogP contribution in [0.5, 0.6) is 0 Å². The van der Waals surface area contributed by atoms with Crippen LogP contribution in [-0.4, -0.2) is 37.7 Å². The topological polar surface area (TPSA) is 68.5 Å². The third kappa shape index (κ3) is 3.76. The predicted molar refractivity (Wildman–Crippen MR) is 111 cm³/mol. The first kappa shape index (κ1) is 21.7. The molecule has 0 unspecified atom stereocenters. The molecule has 6 nitrogen and oxygen atoms in total. The van der Waals surface area contributed by atoms with E-state index in [0.29, 0.717) is 5.69 Å². The Morgan fingerprint density at radius 1 is 1.30 bits per heavy atom. The minimum atomic E-state index is -4.20. The van der Waals surface area contributed by atoms with Crippen molar-refractivity contribution in [3.05, 3.63) is 47.3 Å². The number of hydrogen-bond donors (Lipinski definition) is 1. The number of aryl methyl sites for hydroxylation is 2. The molecule has 3 aromatic rings. The average molecular weight is 418 g/mol. The van der Waals surface area contributed by atoms with E-state index in [1.807, 2.05) is 45.2 Å². The van der Waals surface area contributed by atoms with Gasteiger partial charge in [0.2, 0.25) is 5.95 Å². The summed E-state index contributed by atoms with van der Waals surface area (Å²) in [6, 6.07) is 5.86. The van der Waals surface area contributed by atoms with Crippen LogP contribution in [0.2, 0.25) is 0 Å². The lowest BCUT2D eigenvalue weighted by molar-refractivity contribution is -0.182. The van der Waals surface area contributed by atoms with Crippen LogP contribution in [0.4, 0.5) is 19.1 Å². The van der Waals surface area contributed by atoms with Crippen LogP contribution >= 0.6 is 0 Å². The fourth-order valence-corrected chi connectivity index (χ4v) is 3.45. The smallest absolute Gasteiger partial charge is 0.353 e. The number of anilines is 1. The van der Waals surface area contributed by atoms with Crippen LogP contribution in [-0.2, 0) is 7.05 Å². The molecule has 0 saturated heterocycles. The van der Waals surface area contributed by atoms with Crippen molar-refractivity contribution in [1.29, 1.82) is 0 Å². The van der Waals surface area contributed by atoms with Crippen molar-refractivity contribution in [2.24, 2.45) is 12.5 Å². The molecule has 1 aromatic carbocycles. The Labute approximate surface area is 173 Å². The molecule has 30 heavy (non-hydrogen) atoms. The third-order valence-corrected chi connectivity index (χ3v) is 5.52. The highest BCUT2D eigenvalue weighted by Crippen LogP contribution is 2.57. The lowest BCUT2D eigenvalue weighted by Gasteiger charge is -2.19. The summed E-state index contributed by atoms with van der Waals surface area (Å²) in [6.07, 6.45) is -0.291. The highest BCUT2D eigenvalue weighted by Gasteiger charge is 2.62. The lowest BCUT2D eigenvalue weighted by atomic mass is 9.97. The van der Waals surface area contributed by atoms with E-state index in [0.717, 1.165) is 27.7 Å². The minimum absolute atomic E-state index is 0. The molecule has 1 fully saturated rings. The van der Waals surface area contributed by atoms with Gasteiger partial charge in [-0.3, -0.25) is 0 Å². The van der Waals surface area contributed by atoms with Gasteiger partial charge in [-0.25, -0.2) is 14.6 Å². The Balaban J connectivity index is 0.00000256. The number of fused-ring (bicyclic) bond motifs is 1. The van der Waals surface area contributed by atoms with Crippen LogP contribution < -0.4 is 5.32 Å². The molecule has 160 valence electrons. The summed E-state index contributed by atoms with van der Waals surface area (Å²) >= 11 is 0. The highest BCUT2D eigenvalue weighted by molar-refractivity contribution is 5.86. The molecule has 4 rings (SSSR count). The number of halogens is 3. The van der Waals surface area contributed by atoms with E-state index in [-0.39, 0.29) is 32.8 Å². The van der Waals surface area contributed by atoms with Gasteiger partial charge in [-0.1, -0.05) is 24.8 Å². The van der Waals surface area contributed by atoms with E-state index in [1.165, 1.54) is 0 Å². The maximum Gasteiger partial charge on any atom is 0.396 e. The van der Waals surface area contributed by atoms with Crippen molar-refractivity contribution >= 4 is 22.6 Å². The number of nitrogens with zero attached hydrogens (tertiary/aromatic N) is 5. The van der Waals surface area contributed by atoms with E-state index in [4.69, 9.17) is 0 Å². The fraction of sp³-hybridized carbons (Fsp3) is 0.429. The molecule has 2 aromatic heterocycles. The molecule has 1 N–H and O–H groups in total. The van der Waals surface area contributed by atoms with Crippen LogP contribution in [0.15, 0.2) is 30.5 Å². The van der Waals surface area contributed by atoms with E-state index < -0.39 is 11.6 Å². The van der Waals surface area contributed by atoms with Crippen molar-refractivity contribution in [2.75, 3.05) is 11.9 Å². The van der Waals surface area contributed by atoms with E-state index in [1.54, 1.807) is 10.9 Å². The summed E-state index contributed by atoms with van der Waals surface area (Å²) in [4.78, 5) is 8.65. The number of nitrogens with one attached hydrogen (secondary N) is 1. The summed E-state index contributed by atoms with van der Waals surface area (Å²) in [5.41, 5.74) is 3.49. The Bertz CT molecular complexity index is 1100. The zero-order chi connectivity index (χ0) is 20.8. The fourth-order valence-electron chi connectivity index (χ4n) is 3.45. The Hall–Kier alpha value is -2.97. The van der Waals surface area contributed by atoms with Gasteiger partial charge < -0.3 is 5.32 Å². The van der Waals surface area contributed by atoms with Crippen molar-refractivity contribution in [1.82, 2.24) is 25.0 Å². The molecular weight excluding hydrogens is 393 g/mol. The minimum Gasteiger partial charge on any atom is -0.353 e. The Kier molecular flexibility index (Phi) is 5.58. The lowest BCUT2D eigenvalue weighted by Crippen LogP contribution is -2.31. The molecule has 0 amide bonds. The standard InChI is InChI=1S/C20H21F3N6.CH4/c1-4-14(13-5-6-16-17(9-13)29(3)28-27-16)15-10-24-18(26-12(15)2)25-11-19(7-8-19)20(21,22)23;/h4-6,9-10H,7-8,11H2,1-3H3,(H,24,25,26);1H4/b14-4-;. The van der Waals surface area contributed by atoms with Crippen molar-refractivity contribution < 1.29 is 13.2 Å². The predicted octanol–water partition coefficient (Wildman–Crippen LogP) is 4.91. The second kappa shape index (κ2) is 7.70. The monoisotopic (exact) mass is 418 g/mol. The zero-order valence-electron chi connectivity index (χ0n) is 16.4. The number of aromatic nitrogens is 5. The molecular formula is C21H25F3N6. The molecule has 0 spiro atoms. The van der Waals surface area contributed by atoms with Crippen molar-refractivity contribution in [2.45, 2.75) is 40.3 Å². The highest BCUT2D eigenvalue weighted by atomic mass is 19.4. The van der Waals surface area contributed by atoms with Gasteiger partial charge in [-0.15, -0.1) is 5.10 Å². The second-order valence-electron chi connectivity index (χ2n) is 7.44. The maximum absolute atomic E-state index is 13.1. The zero-order valence-corrected chi connectivity index (χ0v) is 16.4. The molecule has 1 saturated carbocycles. The Morgan fingerprint density at radius 3 is 2.63 bits per heavy atom. The maximum atomic E-state index is 13.1. The normalized spacial score (nSPS) is 15.7. The molecule has 1 aliphatic carbocycles. The van der Waals surface area contributed by atoms with Crippen LogP contribution in [0.25, 0.3) is 16.6 Å². The van der Waals surface area contributed by atoms with Gasteiger partial charge in [-0.2, -0.15) is 13.2 Å². The third-order valence-electron chi connectivity index (χ3n) is 5.52. The van der Waals surface area contributed by atoms with Crippen LogP contribution in [0.3, 0.4) is 0 Å². The van der Waals surface area contributed by atoms with Gasteiger partial charge in [-0.05, 0) is 50.0 Å². The molecule has 1 aliphatic rings. The van der Waals surface area contributed by atoms with Gasteiger partial charge in [0, 0.05) is 25.4 Å². The molecule has 2 heterocycles. The number of benzene rings is 1. The summed E-state index contributed by atoms with van der Waals surface area (Å²) in [6.45, 7) is 3.55. The van der Waals surface area contributed by atoms with E-state index >= 15 is 0 Å². The average Bonchev–Trinajstić information content (AvgIpc) is 3.40. The SMILES string of the molecule is C.C/C=C(/c1ccc2nnn(C)c2c1)c1cnc(NCC2(C(F)(F)F)CC2)nc1C. The van der Waals surface area contributed by atoms with Gasteiger partial charge >= 0.3 is 6.18 Å².